The Kier molecular flexibility index (Phi) is 4.92. The fraction of sp³-hybridized carbons (Fsp3) is 0.643. The number of carbonyl (C=O) groups excluding carboxylic acids is 1. The van der Waals surface area contributed by atoms with Crippen molar-refractivity contribution in [1.82, 2.24) is 15.1 Å². The van der Waals surface area contributed by atoms with Crippen LogP contribution in [0.5, 0.6) is 0 Å². The maximum Gasteiger partial charge on any atom is 0.329 e. The zero-order chi connectivity index (χ0) is 15.5. The number of carboxylic acid groups (broad SMARTS) is 1. The minimum atomic E-state index is -1.22. The van der Waals surface area contributed by atoms with Gasteiger partial charge in [0.15, 0.2) is 0 Å². The first kappa shape index (κ1) is 16.2. The Morgan fingerprint density at radius 1 is 1.50 bits per heavy atom. The number of hydrogen-bond acceptors (Lipinski definition) is 3. The van der Waals surface area contributed by atoms with Crippen LogP contribution < -0.4 is 5.32 Å². The molecule has 0 saturated heterocycles. The Hall–Kier alpha value is -1.85. The summed E-state index contributed by atoms with van der Waals surface area (Å²) in [5, 5.41) is 16.1. The lowest BCUT2D eigenvalue weighted by Crippen LogP contribution is -2.52. The van der Waals surface area contributed by atoms with E-state index in [1.54, 1.807) is 11.6 Å². The molecule has 2 unspecified atom stereocenters. The molecule has 112 valence electrons. The number of carboxylic acids is 1. The van der Waals surface area contributed by atoms with Crippen LogP contribution in [0.25, 0.3) is 0 Å². The van der Waals surface area contributed by atoms with Crippen LogP contribution in [0.15, 0.2) is 6.07 Å². The number of aromatic nitrogens is 2. The maximum absolute atomic E-state index is 12.0. The van der Waals surface area contributed by atoms with Gasteiger partial charge in [0.1, 0.15) is 5.54 Å². The normalized spacial score (nSPS) is 15.4. The maximum atomic E-state index is 12.0. The third-order valence-electron chi connectivity index (χ3n) is 3.54. The Bertz CT molecular complexity index is 510. The molecule has 0 fully saturated rings. The fourth-order valence-electron chi connectivity index (χ4n) is 2.10. The summed E-state index contributed by atoms with van der Waals surface area (Å²) in [6.07, 6.45) is 0.535. The highest BCUT2D eigenvalue weighted by Crippen LogP contribution is 2.16. The van der Waals surface area contributed by atoms with E-state index in [0.29, 0.717) is 6.42 Å². The van der Waals surface area contributed by atoms with Crippen molar-refractivity contribution in [3.63, 3.8) is 0 Å². The third-order valence-corrected chi connectivity index (χ3v) is 3.54. The van der Waals surface area contributed by atoms with Gasteiger partial charge in [0.05, 0.1) is 11.7 Å². The molecular formula is C14H23N3O3. The first-order chi connectivity index (χ1) is 9.19. The van der Waals surface area contributed by atoms with Gasteiger partial charge in [-0.15, -0.1) is 0 Å². The second-order valence-electron chi connectivity index (χ2n) is 5.46. The highest BCUT2D eigenvalue weighted by molar-refractivity contribution is 5.86. The van der Waals surface area contributed by atoms with E-state index in [1.807, 2.05) is 26.8 Å². The van der Waals surface area contributed by atoms with Gasteiger partial charge in [-0.3, -0.25) is 9.48 Å². The lowest BCUT2D eigenvalue weighted by atomic mass is 9.99. The van der Waals surface area contributed by atoms with Crippen LogP contribution in [0.4, 0.5) is 0 Å². The molecule has 6 nitrogen and oxygen atoms in total. The highest BCUT2D eigenvalue weighted by atomic mass is 16.4. The number of nitrogens with zero attached hydrogens (tertiary/aromatic N) is 2. The van der Waals surface area contributed by atoms with Gasteiger partial charge in [0.25, 0.3) is 0 Å². The number of aliphatic carboxylic acids is 1. The minimum Gasteiger partial charge on any atom is -0.480 e. The summed E-state index contributed by atoms with van der Waals surface area (Å²) in [6.45, 7) is 8.97. The van der Waals surface area contributed by atoms with Gasteiger partial charge >= 0.3 is 5.97 Å². The Morgan fingerprint density at radius 2 is 2.10 bits per heavy atom. The lowest BCUT2D eigenvalue weighted by molar-refractivity contribution is -0.147. The number of carbonyl (C=O) groups is 2. The number of nitrogens with one attached hydrogen (secondary N) is 1. The van der Waals surface area contributed by atoms with Crippen molar-refractivity contribution < 1.29 is 14.7 Å². The average molecular weight is 281 g/mol. The summed E-state index contributed by atoms with van der Waals surface area (Å²) in [7, 11) is 0. The van der Waals surface area contributed by atoms with Gasteiger partial charge in [0, 0.05) is 12.1 Å². The van der Waals surface area contributed by atoms with E-state index in [0.717, 1.165) is 11.4 Å². The first-order valence-corrected chi connectivity index (χ1v) is 6.76. The monoisotopic (exact) mass is 281 g/mol. The molecule has 6 heteroatoms. The summed E-state index contributed by atoms with van der Waals surface area (Å²) in [6, 6.07) is 1.83. The molecule has 2 N–H and O–H groups in total. The summed E-state index contributed by atoms with van der Waals surface area (Å²) >= 11 is 0. The van der Waals surface area contributed by atoms with Crippen molar-refractivity contribution >= 4 is 11.9 Å². The van der Waals surface area contributed by atoms with Gasteiger partial charge in [-0.25, -0.2) is 4.79 Å². The van der Waals surface area contributed by atoms with E-state index < -0.39 is 11.5 Å². The smallest absolute Gasteiger partial charge is 0.329 e. The predicted octanol–water partition coefficient (Wildman–Crippen LogP) is 1.82. The van der Waals surface area contributed by atoms with Crippen LogP contribution in [0.3, 0.4) is 0 Å². The molecule has 20 heavy (non-hydrogen) atoms. The van der Waals surface area contributed by atoms with Crippen LogP contribution in [0.2, 0.25) is 0 Å². The zero-order valence-electron chi connectivity index (χ0n) is 12.7. The summed E-state index contributed by atoms with van der Waals surface area (Å²) in [4.78, 5) is 23.2. The molecule has 0 aliphatic rings. The van der Waals surface area contributed by atoms with Gasteiger partial charge in [-0.1, -0.05) is 6.92 Å². The van der Waals surface area contributed by atoms with E-state index in [4.69, 9.17) is 5.11 Å². The Morgan fingerprint density at radius 3 is 2.50 bits per heavy atom. The minimum absolute atomic E-state index is 0.112. The van der Waals surface area contributed by atoms with E-state index in [9.17, 15) is 9.59 Å². The van der Waals surface area contributed by atoms with Gasteiger partial charge in [-0.05, 0) is 40.2 Å². The van der Waals surface area contributed by atoms with Gasteiger partial charge in [0.2, 0.25) is 5.91 Å². The topological polar surface area (TPSA) is 84.2 Å². The molecule has 1 amide bonds. The molecule has 2 atom stereocenters. The predicted molar refractivity (Wildman–Crippen MR) is 75.5 cm³/mol. The van der Waals surface area contributed by atoms with Crippen LogP contribution in [0.1, 0.15) is 51.0 Å². The molecule has 1 aromatic heterocycles. The standard InChI is InChI=1S/C14H23N3O3/c1-6-14(5,13(19)20)15-12(18)8-11(4)17-10(3)7-9(2)16-17/h7,11H,6,8H2,1-5H3,(H,15,18)(H,19,20). The molecule has 0 radical (unpaired) electrons. The number of rotatable bonds is 6. The molecule has 0 aliphatic heterocycles. The molecule has 0 saturated carbocycles. The molecule has 1 rings (SSSR count). The quantitative estimate of drug-likeness (QED) is 0.833. The molecule has 0 aliphatic carbocycles. The van der Waals surface area contributed by atoms with Crippen molar-refractivity contribution in [3.05, 3.63) is 17.5 Å². The van der Waals surface area contributed by atoms with Gasteiger partial charge in [-0.2, -0.15) is 5.10 Å². The van der Waals surface area contributed by atoms with Crippen molar-refractivity contribution in [3.8, 4) is 0 Å². The van der Waals surface area contributed by atoms with Crippen LogP contribution in [-0.4, -0.2) is 32.3 Å². The lowest BCUT2D eigenvalue weighted by Gasteiger charge is -2.25. The van der Waals surface area contributed by atoms with Gasteiger partial charge < -0.3 is 10.4 Å². The summed E-state index contributed by atoms with van der Waals surface area (Å²) in [5.74, 6) is -1.30. The first-order valence-electron chi connectivity index (χ1n) is 6.76. The molecule has 1 aromatic rings. The van der Waals surface area contributed by atoms with Crippen LogP contribution in [-0.2, 0) is 9.59 Å². The summed E-state index contributed by atoms with van der Waals surface area (Å²) in [5.41, 5.74) is 0.671. The Balaban J connectivity index is 2.71. The summed E-state index contributed by atoms with van der Waals surface area (Å²) < 4.78 is 1.79. The van der Waals surface area contributed by atoms with Crippen molar-refractivity contribution in [2.45, 2.75) is 59.0 Å². The average Bonchev–Trinajstić information content (AvgIpc) is 2.67. The molecule has 0 aromatic carbocycles. The SMILES string of the molecule is CCC(C)(NC(=O)CC(C)n1nc(C)cc1C)C(=O)O. The largest absolute Gasteiger partial charge is 0.480 e. The van der Waals surface area contributed by atoms with E-state index in [-0.39, 0.29) is 18.4 Å². The fourth-order valence-corrected chi connectivity index (χ4v) is 2.10. The van der Waals surface area contributed by atoms with Crippen molar-refractivity contribution in [1.29, 1.82) is 0 Å². The molecule has 1 heterocycles. The van der Waals surface area contributed by atoms with E-state index >= 15 is 0 Å². The number of hydrogen-bond donors (Lipinski definition) is 2. The van der Waals surface area contributed by atoms with E-state index in [2.05, 4.69) is 10.4 Å². The molecular weight excluding hydrogens is 258 g/mol. The highest BCUT2D eigenvalue weighted by Gasteiger charge is 2.33. The van der Waals surface area contributed by atoms with E-state index in [1.165, 1.54) is 6.92 Å². The Labute approximate surface area is 119 Å². The van der Waals surface area contributed by atoms with Crippen LogP contribution >= 0.6 is 0 Å². The zero-order valence-corrected chi connectivity index (χ0v) is 12.7. The molecule has 0 bridgehead atoms. The third kappa shape index (κ3) is 3.59. The second kappa shape index (κ2) is 6.07. The second-order valence-corrected chi connectivity index (χ2v) is 5.46. The van der Waals surface area contributed by atoms with Crippen molar-refractivity contribution in [2.24, 2.45) is 0 Å². The number of amides is 1. The number of aryl methyl sites for hydroxylation is 2. The van der Waals surface area contributed by atoms with Crippen LogP contribution in [0, 0.1) is 13.8 Å². The van der Waals surface area contributed by atoms with Crippen molar-refractivity contribution in [2.75, 3.05) is 0 Å². The molecule has 0 spiro atoms.